The fourth-order valence-corrected chi connectivity index (χ4v) is 2.28. The average molecular weight is 222 g/mol. The third kappa shape index (κ3) is 1.99. The molecule has 0 bridgehead atoms. The van der Waals surface area contributed by atoms with Gasteiger partial charge >= 0.3 is 0 Å². The number of hydrogen-bond acceptors (Lipinski definition) is 2. The van der Waals surface area contributed by atoms with E-state index in [9.17, 15) is 4.39 Å². The number of benzene rings is 1. The van der Waals surface area contributed by atoms with Crippen molar-refractivity contribution >= 4 is 11.4 Å². The number of anilines is 2. The molecule has 0 spiro atoms. The van der Waals surface area contributed by atoms with Crippen molar-refractivity contribution in [1.82, 2.24) is 0 Å². The first-order chi connectivity index (χ1) is 7.59. The molecule has 1 aliphatic rings. The van der Waals surface area contributed by atoms with Crippen molar-refractivity contribution in [3.63, 3.8) is 0 Å². The van der Waals surface area contributed by atoms with Crippen LogP contribution in [0.2, 0.25) is 0 Å². The number of halogens is 1. The molecule has 16 heavy (non-hydrogen) atoms. The highest BCUT2D eigenvalue weighted by atomic mass is 19.1. The lowest BCUT2D eigenvalue weighted by Gasteiger charge is -2.37. The second-order valence-electron chi connectivity index (χ2n) is 4.86. The van der Waals surface area contributed by atoms with Crippen molar-refractivity contribution in [3.8, 4) is 0 Å². The summed E-state index contributed by atoms with van der Waals surface area (Å²) >= 11 is 0. The van der Waals surface area contributed by atoms with Crippen molar-refractivity contribution in [2.45, 2.75) is 20.3 Å². The summed E-state index contributed by atoms with van der Waals surface area (Å²) in [6.45, 7) is 6.46. The Labute approximate surface area is 96.2 Å². The zero-order valence-corrected chi connectivity index (χ0v) is 9.91. The van der Waals surface area contributed by atoms with Crippen LogP contribution in [0, 0.1) is 17.7 Å². The maximum absolute atomic E-state index is 13.4. The van der Waals surface area contributed by atoms with E-state index in [1.807, 2.05) is 6.07 Å². The number of nitrogen functional groups attached to an aromatic ring is 1. The summed E-state index contributed by atoms with van der Waals surface area (Å²) in [7, 11) is 0. The summed E-state index contributed by atoms with van der Waals surface area (Å²) < 4.78 is 13.4. The highest BCUT2D eigenvalue weighted by Crippen LogP contribution is 2.31. The van der Waals surface area contributed by atoms with E-state index in [4.69, 9.17) is 5.73 Å². The van der Waals surface area contributed by atoms with Crippen LogP contribution < -0.4 is 10.6 Å². The fraction of sp³-hybridized carbons (Fsp3) is 0.538. The van der Waals surface area contributed by atoms with Crippen LogP contribution in [0.1, 0.15) is 20.3 Å². The van der Waals surface area contributed by atoms with Gasteiger partial charge < -0.3 is 10.6 Å². The molecule has 88 valence electrons. The number of rotatable bonds is 1. The highest BCUT2D eigenvalue weighted by molar-refractivity contribution is 5.68. The Bertz CT molecular complexity index is 378. The maximum Gasteiger partial charge on any atom is 0.148 e. The molecule has 0 aromatic heterocycles. The Hall–Kier alpha value is -1.25. The minimum Gasteiger partial charge on any atom is -0.395 e. The first-order valence-corrected chi connectivity index (χ1v) is 5.88. The van der Waals surface area contributed by atoms with Crippen molar-refractivity contribution in [1.29, 1.82) is 0 Å². The van der Waals surface area contributed by atoms with Crippen LogP contribution in [0.15, 0.2) is 18.2 Å². The summed E-state index contributed by atoms with van der Waals surface area (Å²) in [5, 5.41) is 0. The molecule has 2 nitrogen and oxygen atoms in total. The van der Waals surface area contributed by atoms with Crippen molar-refractivity contribution in [2.24, 2.45) is 11.8 Å². The lowest BCUT2D eigenvalue weighted by Crippen LogP contribution is -2.38. The Balaban J connectivity index is 2.22. The zero-order chi connectivity index (χ0) is 11.7. The van der Waals surface area contributed by atoms with Crippen LogP contribution in [0.3, 0.4) is 0 Å². The molecule has 1 aromatic rings. The third-order valence-corrected chi connectivity index (χ3v) is 3.70. The summed E-state index contributed by atoms with van der Waals surface area (Å²) in [6.07, 6.45) is 1.15. The number of nitrogens with two attached hydrogens (primary N) is 1. The number of hydrogen-bond donors (Lipinski definition) is 1. The van der Waals surface area contributed by atoms with Gasteiger partial charge in [-0.3, -0.25) is 0 Å². The number of para-hydroxylation sites is 1. The minimum atomic E-state index is -0.316. The molecule has 0 amide bonds. The predicted molar refractivity (Wildman–Crippen MR) is 66.0 cm³/mol. The zero-order valence-electron chi connectivity index (χ0n) is 9.91. The minimum absolute atomic E-state index is 0.282. The van der Waals surface area contributed by atoms with Gasteiger partial charge in [0.1, 0.15) is 5.82 Å². The smallest absolute Gasteiger partial charge is 0.148 e. The molecule has 2 N–H and O–H groups in total. The Morgan fingerprint density at radius 3 is 2.75 bits per heavy atom. The summed E-state index contributed by atoms with van der Waals surface area (Å²) in [6, 6.07) is 5.04. The van der Waals surface area contributed by atoms with Crippen molar-refractivity contribution in [2.75, 3.05) is 23.7 Å². The summed E-state index contributed by atoms with van der Waals surface area (Å²) in [5.41, 5.74) is 6.90. The fourth-order valence-electron chi connectivity index (χ4n) is 2.28. The molecule has 1 fully saturated rings. The SMILES string of the molecule is CC1CCN(c2cccc(F)c2N)CC1C. The van der Waals surface area contributed by atoms with Gasteiger partial charge in [-0.05, 0) is 30.4 Å². The lowest BCUT2D eigenvalue weighted by molar-refractivity contribution is 0.324. The Morgan fingerprint density at radius 2 is 2.06 bits per heavy atom. The summed E-state index contributed by atoms with van der Waals surface area (Å²) in [4.78, 5) is 2.20. The third-order valence-electron chi connectivity index (χ3n) is 3.70. The van der Waals surface area contributed by atoms with Crippen LogP contribution in [-0.2, 0) is 0 Å². The van der Waals surface area contributed by atoms with E-state index in [0.717, 1.165) is 31.1 Å². The van der Waals surface area contributed by atoms with Gasteiger partial charge in [0.25, 0.3) is 0 Å². The molecule has 2 atom stereocenters. The molecule has 1 heterocycles. The van der Waals surface area contributed by atoms with E-state index in [1.54, 1.807) is 6.07 Å². The molecule has 2 unspecified atom stereocenters. The molecule has 0 saturated carbocycles. The number of piperidine rings is 1. The van der Waals surface area contributed by atoms with E-state index in [-0.39, 0.29) is 11.5 Å². The first kappa shape index (κ1) is 11.2. The van der Waals surface area contributed by atoms with E-state index >= 15 is 0 Å². The largest absolute Gasteiger partial charge is 0.395 e. The predicted octanol–water partition coefficient (Wildman–Crippen LogP) is 2.89. The van der Waals surface area contributed by atoms with Gasteiger partial charge in [-0.1, -0.05) is 19.9 Å². The van der Waals surface area contributed by atoms with Crippen LogP contribution in [0.5, 0.6) is 0 Å². The molecular formula is C13H19FN2. The maximum atomic E-state index is 13.4. The van der Waals surface area contributed by atoms with Crippen LogP contribution in [-0.4, -0.2) is 13.1 Å². The molecule has 0 aliphatic carbocycles. The average Bonchev–Trinajstić information content (AvgIpc) is 2.26. The first-order valence-electron chi connectivity index (χ1n) is 5.88. The van der Waals surface area contributed by atoms with Crippen LogP contribution in [0.25, 0.3) is 0 Å². The van der Waals surface area contributed by atoms with Crippen LogP contribution >= 0.6 is 0 Å². The lowest BCUT2D eigenvalue weighted by atomic mass is 9.88. The molecule has 1 saturated heterocycles. The van der Waals surface area contributed by atoms with Gasteiger partial charge in [-0.25, -0.2) is 4.39 Å². The molecule has 1 aliphatic heterocycles. The molecule has 3 heteroatoms. The van der Waals surface area contributed by atoms with E-state index < -0.39 is 0 Å². The highest BCUT2D eigenvalue weighted by Gasteiger charge is 2.24. The summed E-state index contributed by atoms with van der Waals surface area (Å²) in [5.74, 6) is 1.06. The quantitative estimate of drug-likeness (QED) is 0.740. The second kappa shape index (κ2) is 4.32. The molecule has 1 aromatic carbocycles. The Morgan fingerprint density at radius 1 is 1.31 bits per heavy atom. The molecule has 2 rings (SSSR count). The van der Waals surface area contributed by atoms with Gasteiger partial charge in [0, 0.05) is 13.1 Å². The monoisotopic (exact) mass is 222 g/mol. The van der Waals surface area contributed by atoms with E-state index in [0.29, 0.717) is 5.92 Å². The van der Waals surface area contributed by atoms with Crippen molar-refractivity contribution in [3.05, 3.63) is 24.0 Å². The van der Waals surface area contributed by atoms with Crippen LogP contribution in [0.4, 0.5) is 15.8 Å². The molecule has 0 radical (unpaired) electrons. The van der Waals surface area contributed by atoms with Gasteiger partial charge in [-0.2, -0.15) is 0 Å². The topological polar surface area (TPSA) is 29.3 Å². The second-order valence-corrected chi connectivity index (χ2v) is 4.86. The standard InChI is InChI=1S/C13H19FN2/c1-9-6-7-16(8-10(9)2)12-5-3-4-11(14)13(12)15/h3-5,9-10H,6-8,15H2,1-2H3. The van der Waals surface area contributed by atoms with E-state index in [1.165, 1.54) is 6.07 Å². The Kier molecular flexibility index (Phi) is 3.03. The number of nitrogens with zero attached hydrogens (tertiary/aromatic N) is 1. The van der Waals surface area contributed by atoms with Gasteiger partial charge in [0.05, 0.1) is 11.4 Å². The van der Waals surface area contributed by atoms with Gasteiger partial charge in [0.15, 0.2) is 0 Å². The van der Waals surface area contributed by atoms with E-state index in [2.05, 4.69) is 18.7 Å². The molecular weight excluding hydrogens is 203 g/mol. The normalized spacial score (nSPS) is 25.8. The van der Waals surface area contributed by atoms with Gasteiger partial charge in [0.2, 0.25) is 0 Å². The van der Waals surface area contributed by atoms with Crippen molar-refractivity contribution < 1.29 is 4.39 Å². The van der Waals surface area contributed by atoms with Gasteiger partial charge in [-0.15, -0.1) is 0 Å².